The van der Waals surface area contributed by atoms with Crippen molar-refractivity contribution in [1.82, 2.24) is 4.90 Å². The second-order valence-corrected chi connectivity index (χ2v) is 8.22. The molecule has 0 radical (unpaired) electrons. The third-order valence-electron chi connectivity index (χ3n) is 5.48. The number of benzene rings is 2. The van der Waals surface area contributed by atoms with E-state index in [1.807, 2.05) is 26.0 Å². The van der Waals surface area contributed by atoms with Crippen molar-refractivity contribution in [2.24, 2.45) is 10.7 Å². The summed E-state index contributed by atoms with van der Waals surface area (Å²) in [5.41, 5.74) is 7.04. The maximum atomic E-state index is 13.8. The molecule has 2 amide bonds. The number of hydrogen-bond acceptors (Lipinski definition) is 3. The van der Waals surface area contributed by atoms with Crippen LogP contribution in [0.1, 0.15) is 39.2 Å². The van der Waals surface area contributed by atoms with E-state index in [2.05, 4.69) is 28.9 Å². The molecule has 2 atom stereocenters. The highest BCUT2D eigenvalue weighted by atomic mass is 19.1. The van der Waals surface area contributed by atoms with Crippen LogP contribution >= 0.6 is 0 Å². The molecule has 0 bridgehead atoms. The van der Waals surface area contributed by atoms with Crippen molar-refractivity contribution in [2.75, 3.05) is 11.4 Å². The quantitative estimate of drug-likeness (QED) is 0.542. The maximum absolute atomic E-state index is 13.8. The number of amides is 2. The van der Waals surface area contributed by atoms with Crippen LogP contribution in [0.3, 0.4) is 0 Å². The van der Waals surface area contributed by atoms with Crippen molar-refractivity contribution < 1.29 is 13.9 Å². The van der Waals surface area contributed by atoms with Gasteiger partial charge in [0, 0.05) is 30.9 Å². The first-order valence-corrected chi connectivity index (χ1v) is 10.7. The summed E-state index contributed by atoms with van der Waals surface area (Å²) in [5, 5.41) is 0. The van der Waals surface area contributed by atoms with E-state index in [1.54, 1.807) is 17.0 Å². The molecule has 0 saturated carbocycles. The van der Waals surface area contributed by atoms with Crippen molar-refractivity contribution >= 4 is 18.1 Å². The molecule has 2 aromatic rings. The van der Waals surface area contributed by atoms with Crippen LogP contribution < -0.4 is 15.4 Å². The molecule has 1 heterocycles. The standard InChI is InChI=1S/C24H31FN4O2/c1-17(2)31-23-9-4-6-19(13-23)15-28-11-10-22(12-18(28)3)29(24(30)27-16-26)21-8-5-7-20(25)14-21/h4-9,13-14,16-18,22H,10-12,15H2,1-3H3,(H2,26,27,30)/t18-,22+/m0/s1. The Hall–Kier alpha value is -2.93. The second kappa shape index (κ2) is 10.4. The Kier molecular flexibility index (Phi) is 7.63. The predicted molar refractivity (Wildman–Crippen MR) is 122 cm³/mol. The number of anilines is 1. The lowest BCUT2D eigenvalue weighted by atomic mass is 9.95. The molecule has 1 saturated heterocycles. The van der Waals surface area contributed by atoms with Crippen molar-refractivity contribution in [3.63, 3.8) is 0 Å². The number of piperidine rings is 1. The Morgan fingerprint density at radius 3 is 2.77 bits per heavy atom. The Morgan fingerprint density at radius 2 is 2.10 bits per heavy atom. The summed E-state index contributed by atoms with van der Waals surface area (Å²) < 4.78 is 19.6. The zero-order chi connectivity index (χ0) is 22.4. The van der Waals surface area contributed by atoms with Gasteiger partial charge in [0.25, 0.3) is 0 Å². The van der Waals surface area contributed by atoms with Crippen LogP contribution in [0.4, 0.5) is 14.9 Å². The average molecular weight is 427 g/mol. The Bertz CT molecular complexity index is 918. The molecular formula is C24H31FN4O2. The molecule has 166 valence electrons. The van der Waals surface area contributed by atoms with Gasteiger partial charge in [0.1, 0.15) is 11.6 Å². The number of halogens is 1. The Balaban J connectivity index is 1.72. The molecule has 6 nitrogen and oxygen atoms in total. The van der Waals surface area contributed by atoms with Crippen LogP contribution in [-0.4, -0.2) is 42.0 Å². The fraction of sp³-hybridized carbons (Fsp3) is 0.417. The van der Waals surface area contributed by atoms with Gasteiger partial charge in [0.05, 0.1) is 12.4 Å². The van der Waals surface area contributed by atoms with Gasteiger partial charge in [-0.2, -0.15) is 4.99 Å². The van der Waals surface area contributed by atoms with Gasteiger partial charge in [0.15, 0.2) is 0 Å². The van der Waals surface area contributed by atoms with Crippen LogP contribution in [0, 0.1) is 5.82 Å². The Morgan fingerprint density at radius 1 is 1.32 bits per heavy atom. The summed E-state index contributed by atoms with van der Waals surface area (Å²) in [7, 11) is 0. The lowest BCUT2D eigenvalue weighted by molar-refractivity contribution is 0.137. The molecule has 7 heteroatoms. The van der Waals surface area contributed by atoms with E-state index in [0.717, 1.165) is 38.0 Å². The highest BCUT2D eigenvalue weighted by Gasteiger charge is 2.32. The van der Waals surface area contributed by atoms with E-state index >= 15 is 0 Å². The Labute approximate surface area is 183 Å². The number of carbonyl (C=O) groups excluding carboxylic acids is 1. The SMILES string of the molecule is CC(C)Oc1cccc(CN2CC[C@@H](N(C(=O)/N=C/N)c3cccc(F)c3)C[C@@H]2C)c1. The smallest absolute Gasteiger partial charge is 0.349 e. The minimum atomic E-state index is -0.475. The van der Waals surface area contributed by atoms with E-state index < -0.39 is 6.03 Å². The van der Waals surface area contributed by atoms with Crippen LogP contribution in [0.5, 0.6) is 5.75 Å². The third-order valence-corrected chi connectivity index (χ3v) is 5.48. The molecule has 0 aromatic heterocycles. The van der Waals surface area contributed by atoms with Crippen LogP contribution in [0.15, 0.2) is 53.5 Å². The highest BCUT2D eigenvalue weighted by molar-refractivity contribution is 5.96. The number of ether oxygens (including phenoxy) is 1. The van der Waals surface area contributed by atoms with E-state index in [0.29, 0.717) is 5.69 Å². The van der Waals surface area contributed by atoms with Gasteiger partial charge in [0.2, 0.25) is 0 Å². The van der Waals surface area contributed by atoms with Gasteiger partial charge in [-0.05, 0) is 69.5 Å². The molecule has 1 aliphatic heterocycles. The molecular weight excluding hydrogens is 395 g/mol. The van der Waals surface area contributed by atoms with Crippen molar-refractivity contribution in [3.8, 4) is 5.75 Å². The van der Waals surface area contributed by atoms with E-state index in [4.69, 9.17) is 10.5 Å². The van der Waals surface area contributed by atoms with Gasteiger partial charge in [-0.3, -0.25) is 9.80 Å². The summed E-state index contributed by atoms with van der Waals surface area (Å²) in [5.74, 6) is 0.485. The zero-order valence-corrected chi connectivity index (χ0v) is 18.4. The lowest BCUT2D eigenvalue weighted by Gasteiger charge is -2.41. The van der Waals surface area contributed by atoms with Gasteiger partial charge >= 0.3 is 6.03 Å². The van der Waals surface area contributed by atoms with Gasteiger partial charge < -0.3 is 10.5 Å². The molecule has 3 rings (SSSR count). The molecule has 1 aliphatic rings. The first kappa shape index (κ1) is 22.7. The zero-order valence-electron chi connectivity index (χ0n) is 18.4. The minimum Gasteiger partial charge on any atom is -0.491 e. The average Bonchev–Trinajstić information content (AvgIpc) is 2.70. The van der Waals surface area contributed by atoms with Gasteiger partial charge in [-0.15, -0.1) is 0 Å². The van der Waals surface area contributed by atoms with E-state index in [-0.39, 0.29) is 24.0 Å². The van der Waals surface area contributed by atoms with Crippen LogP contribution in [0.25, 0.3) is 0 Å². The summed E-state index contributed by atoms with van der Waals surface area (Å²) in [6.45, 7) is 7.80. The molecule has 0 unspecified atom stereocenters. The largest absolute Gasteiger partial charge is 0.491 e. The molecule has 1 fully saturated rings. The van der Waals surface area contributed by atoms with Gasteiger partial charge in [-0.25, -0.2) is 9.18 Å². The first-order chi connectivity index (χ1) is 14.9. The molecule has 2 N–H and O–H groups in total. The number of rotatable bonds is 6. The number of aliphatic imine (C=N–C) groups is 1. The maximum Gasteiger partial charge on any atom is 0.349 e. The normalized spacial score (nSPS) is 19.6. The number of carbonyl (C=O) groups is 1. The molecule has 0 aliphatic carbocycles. The lowest BCUT2D eigenvalue weighted by Crippen LogP contribution is -2.50. The number of likely N-dealkylation sites (tertiary alicyclic amines) is 1. The monoisotopic (exact) mass is 426 g/mol. The molecule has 31 heavy (non-hydrogen) atoms. The molecule has 0 spiro atoms. The number of nitrogens with two attached hydrogens (primary N) is 1. The summed E-state index contributed by atoms with van der Waals surface area (Å²) >= 11 is 0. The summed E-state index contributed by atoms with van der Waals surface area (Å²) in [6, 6.07) is 13.9. The van der Waals surface area contributed by atoms with Crippen molar-refractivity contribution in [1.29, 1.82) is 0 Å². The van der Waals surface area contributed by atoms with Crippen molar-refractivity contribution in [2.45, 2.75) is 58.3 Å². The fourth-order valence-electron chi connectivity index (χ4n) is 4.12. The number of urea groups is 1. The fourth-order valence-corrected chi connectivity index (χ4v) is 4.12. The summed E-state index contributed by atoms with van der Waals surface area (Å²) in [4.78, 5) is 20.4. The number of hydrogen-bond donors (Lipinski definition) is 1. The van der Waals surface area contributed by atoms with E-state index in [1.165, 1.54) is 17.7 Å². The minimum absolute atomic E-state index is 0.0835. The first-order valence-electron chi connectivity index (χ1n) is 10.7. The number of nitrogens with zero attached hydrogens (tertiary/aromatic N) is 3. The van der Waals surface area contributed by atoms with E-state index in [9.17, 15) is 9.18 Å². The molecule has 2 aromatic carbocycles. The highest BCUT2D eigenvalue weighted by Crippen LogP contribution is 2.29. The third kappa shape index (κ3) is 6.04. The predicted octanol–water partition coefficient (Wildman–Crippen LogP) is 4.58. The van der Waals surface area contributed by atoms with Crippen LogP contribution in [0.2, 0.25) is 0 Å². The second-order valence-electron chi connectivity index (χ2n) is 8.22. The topological polar surface area (TPSA) is 71.2 Å². The van der Waals surface area contributed by atoms with Gasteiger partial charge in [-0.1, -0.05) is 18.2 Å². The van der Waals surface area contributed by atoms with Crippen molar-refractivity contribution in [3.05, 3.63) is 59.9 Å². The summed E-state index contributed by atoms with van der Waals surface area (Å²) in [6.07, 6.45) is 2.63. The van der Waals surface area contributed by atoms with Crippen LogP contribution in [-0.2, 0) is 6.54 Å².